The number of alkyl halides is 3. The molecule has 31 heavy (non-hydrogen) atoms. The van der Waals surface area contributed by atoms with Gasteiger partial charge in [0.15, 0.2) is 5.69 Å². The van der Waals surface area contributed by atoms with Gasteiger partial charge in [-0.05, 0) is 38.0 Å². The summed E-state index contributed by atoms with van der Waals surface area (Å²) in [6.07, 6.45) is -4.71. The molecule has 9 heteroatoms. The molecule has 0 aliphatic rings. The van der Waals surface area contributed by atoms with Crippen molar-refractivity contribution in [3.63, 3.8) is 0 Å². The van der Waals surface area contributed by atoms with Gasteiger partial charge in [-0.1, -0.05) is 48.0 Å². The third-order valence-corrected chi connectivity index (χ3v) is 4.87. The van der Waals surface area contributed by atoms with E-state index in [4.69, 9.17) is 0 Å². The molecule has 4 rings (SSSR count). The quantitative estimate of drug-likeness (QED) is 0.502. The normalized spacial score (nSPS) is 11.7. The number of nitrogens with zero attached hydrogens (tertiary/aromatic N) is 4. The van der Waals surface area contributed by atoms with Gasteiger partial charge in [-0.15, -0.1) is 5.10 Å². The number of nitrogens with one attached hydrogen (secondary N) is 1. The number of benzene rings is 2. The van der Waals surface area contributed by atoms with Crippen LogP contribution in [0.25, 0.3) is 17.0 Å². The molecule has 1 amide bonds. The van der Waals surface area contributed by atoms with Crippen LogP contribution in [0, 0.1) is 20.8 Å². The molecule has 2 heterocycles. The van der Waals surface area contributed by atoms with Gasteiger partial charge < -0.3 is 5.32 Å². The molecule has 6 nitrogen and oxygen atoms in total. The predicted octanol–water partition coefficient (Wildman–Crippen LogP) is 4.99. The van der Waals surface area contributed by atoms with Crippen molar-refractivity contribution in [1.29, 1.82) is 0 Å². The Balaban J connectivity index is 1.80. The molecule has 0 bridgehead atoms. The van der Waals surface area contributed by atoms with Gasteiger partial charge in [0.05, 0.1) is 5.69 Å². The summed E-state index contributed by atoms with van der Waals surface area (Å²) in [5.41, 5.74) is 2.69. The van der Waals surface area contributed by atoms with Gasteiger partial charge in [-0.3, -0.25) is 4.79 Å². The molecule has 0 radical (unpaired) electrons. The van der Waals surface area contributed by atoms with E-state index in [0.717, 1.165) is 22.8 Å². The lowest BCUT2D eigenvalue weighted by molar-refractivity contribution is -0.142. The minimum absolute atomic E-state index is 0.0916. The summed E-state index contributed by atoms with van der Waals surface area (Å²) in [5.74, 6) is -1.42. The lowest BCUT2D eigenvalue weighted by Crippen LogP contribution is -2.17. The molecule has 0 fully saturated rings. The molecule has 158 valence electrons. The van der Waals surface area contributed by atoms with Crippen molar-refractivity contribution in [3.05, 3.63) is 76.7 Å². The number of carbonyl (C=O) groups excluding carboxylic acids is 1. The fourth-order valence-corrected chi connectivity index (χ4v) is 3.22. The SMILES string of the molecule is Cc1ccc(-c2cc(C(F)(F)F)n3nc(C(=O)Nc4c(C)cccc4C)nc3n2)cc1. The van der Waals surface area contributed by atoms with Crippen LogP contribution in [0.3, 0.4) is 0 Å². The maximum absolute atomic E-state index is 13.7. The zero-order chi connectivity index (χ0) is 22.3. The van der Waals surface area contributed by atoms with Crippen molar-refractivity contribution in [1.82, 2.24) is 19.6 Å². The molecule has 0 aliphatic heterocycles. The van der Waals surface area contributed by atoms with E-state index in [2.05, 4.69) is 20.4 Å². The molecular weight excluding hydrogens is 407 g/mol. The van der Waals surface area contributed by atoms with Crippen molar-refractivity contribution in [2.24, 2.45) is 0 Å². The number of hydrogen-bond donors (Lipinski definition) is 1. The molecule has 0 saturated heterocycles. The lowest BCUT2D eigenvalue weighted by Gasteiger charge is -2.10. The van der Waals surface area contributed by atoms with Crippen LogP contribution in [0.4, 0.5) is 18.9 Å². The second-order valence-electron chi connectivity index (χ2n) is 7.26. The summed E-state index contributed by atoms with van der Waals surface area (Å²) in [5, 5.41) is 6.47. The van der Waals surface area contributed by atoms with Crippen molar-refractivity contribution in [3.8, 4) is 11.3 Å². The second-order valence-corrected chi connectivity index (χ2v) is 7.26. The van der Waals surface area contributed by atoms with Crippen molar-refractivity contribution in [2.45, 2.75) is 26.9 Å². The van der Waals surface area contributed by atoms with Gasteiger partial charge in [0.2, 0.25) is 5.82 Å². The molecule has 0 saturated carbocycles. The summed E-state index contributed by atoms with van der Waals surface area (Å²) in [4.78, 5) is 20.9. The zero-order valence-electron chi connectivity index (χ0n) is 16.9. The van der Waals surface area contributed by atoms with Crippen LogP contribution in [0.15, 0.2) is 48.5 Å². The van der Waals surface area contributed by atoms with E-state index in [0.29, 0.717) is 15.8 Å². The standard InChI is InChI=1S/C22H18F3N5O/c1-12-7-9-15(10-8-12)16-11-17(22(23,24)25)30-21(26-16)28-19(29-30)20(31)27-18-13(2)5-4-6-14(18)3/h4-11H,1-3H3,(H,27,31). The van der Waals surface area contributed by atoms with E-state index in [9.17, 15) is 18.0 Å². The number of fused-ring (bicyclic) bond motifs is 1. The monoisotopic (exact) mass is 425 g/mol. The summed E-state index contributed by atoms with van der Waals surface area (Å²) in [7, 11) is 0. The van der Waals surface area contributed by atoms with E-state index >= 15 is 0 Å². The largest absolute Gasteiger partial charge is 0.433 e. The third kappa shape index (κ3) is 3.98. The Kier molecular flexibility index (Phi) is 4.96. The average Bonchev–Trinajstić information content (AvgIpc) is 3.14. The number of carbonyl (C=O) groups is 1. The minimum Gasteiger partial charge on any atom is -0.319 e. The van der Waals surface area contributed by atoms with Crippen LogP contribution in [-0.2, 0) is 6.18 Å². The predicted molar refractivity (Wildman–Crippen MR) is 110 cm³/mol. The molecule has 0 unspecified atom stereocenters. The number of para-hydroxylation sites is 1. The first-order valence-corrected chi connectivity index (χ1v) is 9.43. The van der Waals surface area contributed by atoms with Crippen LogP contribution in [-0.4, -0.2) is 25.5 Å². The van der Waals surface area contributed by atoms with Gasteiger partial charge in [-0.2, -0.15) is 22.7 Å². The Morgan fingerprint density at radius 2 is 1.61 bits per heavy atom. The summed E-state index contributed by atoms with van der Waals surface area (Å²) in [6.45, 7) is 5.51. The van der Waals surface area contributed by atoms with E-state index in [1.165, 1.54) is 0 Å². The first kappa shape index (κ1) is 20.5. The number of hydrogen-bond acceptors (Lipinski definition) is 4. The van der Waals surface area contributed by atoms with Crippen LogP contribution in [0.1, 0.15) is 33.0 Å². The Hall–Kier alpha value is -3.75. The van der Waals surface area contributed by atoms with Crippen molar-refractivity contribution in [2.75, 3.05) is 5.32 Å². The third-order valence-electron chi connectivity index (χ3n) is 4.87. The number of rotatable bonds is 3. The molecule has 0 spiro atoms. The van der Waals surface area contributed by atoms with Gasteiger partial charge in [0.1, 0.15) is 0 Å². The minimum atomic E-state index is -4.71. The number of halogens is 3. The van der Waals surface area contributed by atoms with Gasteiger partial charge in [0.25, 0.3) is 11.7 Å². The summed E-state index contributed by atoms with van der Waals surface area (Å²) in [6, 6.07) is 13.3. The molecular formula is C22H18F3N5O. The second kappa shape index (κ2) is 7.50. The van der Waals surface area contributed by atoms with Crippen LogP contribution in [0.5, 0.6) is 0 Å². The average molecular weight is 425 g/mol. The molecule has 1 N–H and O–H groups in total. The number of aromatic nitrogens is 4. The highest BCUT2D eigenvalue weighted by molar-refractivity contribution is 6.02. The van der Waals surface area contributed by atoms with E-state index in [1.54, 1.807) is 24.3 Å². The van der Waals surface area contributed by atoms with Crippen molar-refractivity contribution >= 4 is 17.4 Å². The first-order chi connectivity index (χ1) is 14.6. The molecule has 0 aliphatic carbocycles. The highest BCUT2D eigenvalue weighted by Gasteiger charge is 2.36. The van der Waals surface area contributed by atoms with E-state index in [1.807, 2.05) is 39.0 Å². The Morgan fingerprint density at radius 1 is 0.968 bits per heavy atom. The van der Waals surface area contributed by atoms with Crippen LogP contribution >= 0.6 is 0 Å². The van der Waals surface area contributed by atoms with E-state index < -0.39 is 23.6 Å². The molecule has 2 aromatic heterocycles. The van der Waals surface area contributed by atoms with Crippen LogP contribution < -0.4 is 5.32 Å². The highest BCUT2D eigenvalue weighted by atomic mass is 19.4. The Morgan fingerprint density at radius 3 is 2.23 bits per heavy atom. The molecule has 0 atom stereocenters. The van der Waals surface area contributed by atoms with E-state index in [-0.39, 0.29) is 11.5 Å². The summed E-state index contributed by atoms with van der Waals surface area (Å²) >= 11 is 0. The number of anilines is 1. The topological polar surface area (TPSA) is 72.2 Å². The smallest absolute Gasteiger partial charge is 0.319 e. The molecule has 4 aromatic rings. The van der Waals surface area contributed by atoms with Crippen LogP contribution in [0.2, 0.25) is 0 Å². The highest BCUT2D eigenvalue weighted by Crippen LogP contribution is 2.32. The van der Waals surface area contributed by atoms with Gasteiger partial charge in [-0.25, -0.2) is 4.98 Å². The Bertz CT molecular complexity index is 1270. The fraction of sp³-hybridized carbons (Fsp3) is 0.182. The number of amides is 1. The lowest BCUT2D eigenvalue weighted by atomic mass is 10.1. The maximum Gasteiger partial charge on any atom is 0.433 e. The first-order valence-electron chi connectivity index (χ1n) is 9.43. The maximum atomic E-state index is 13.7. The zero-order valence-corrected chi connectivity index (χ0v) is 16.9. The van der Waals surface area contributed by atoms with Gasteiger partial charge in [0, 0.05) is 11.3 Å². The van der Waals surface area contributed by atoms with Crippen molar-refractivity contribution < 1.29 is 18.0 Å². The summed E-state index contributed by atoms with van der Waals surface area (Å²) < 4.78 is 41.7. The number of aryl methyl sites for hydroxylation is 3. The van der Waals surface area contributed by atoms with Gasteiger partial charge >= 0.3 is 6.18 Å². The molecule has 2 aromatic carbocycles. The fourth-order valence-electron chi connectivity index (χ4n) is 3.22. The Labute approximate surface area is 175 Å².